The van der Waals surface area contributed by atoms with Crippen LogP contribution in [0.4, 0.5) is 4.79 Å². The van der Waals surface area contributed by atoms with Crippen molar-refractivity contribution in [1.29, 1.82) is 0 Å². The summed E-state index contributed by atoms with van der Waals surface area (Å²) in [7, 11) is 0. The van der Waals surface area contributed by atoms with E-state index in [1.165, 1.54) is 9.80 Å². The summed E-state index contributed by atoms with van der Waals surface area (Å²) in [6.45, 7) is 8.23. The number of rotatable bonds is 8. The maximum atomic E-state index is 13.7. The van der Waals surface area contributed by atoms with Gasteiger partial charge in [-0.15, -0.1) is 0 Å². The van der Waals surface area contributed by atoms with Crippen molar-refractivity contribution in [2.75, 3.05) is 13.1 Å². The molecule has 8 nitrogen and oxygen atoms in total. The third-order valence-electron chi connectivity index (χ3n) is 6.80. The van der Waals surface area contributed by atoms with Crippen molar-refractivity contribution < 1.29 is 28.6 Å². The molecular weight excluding hydrogens is 472 g/mol. The van der Waals surface area contributed by atoms with Gasteiger partial charge in [-0.3, -0.25) is 9.69 Å². The zero-order valence-corrected chi connectivity index (χ0v) is 22.0. The van der Waals surface area contributed by atoms with Gasteiger partial charge in [0.1, 0.15) is 17.7 Å². The largest absolute Gasteiger partial charge is 0.459 e. The van der Waals surface area contributed by atoms with Gasteiger partial charge in [0.05, 0.1) is 19.3 Å². The average Bonchev–Trinajstić information content (AvgIpc) is 3.33. The van der Waals surface area contributed by atoms with Crippen LogP contribution in [0.15, 0.2) is 60.7 Å². The summed E-state index contributed by atoms with van der Waals surface area (Å²) in [4.78, 5) is 42.9. The lowest BCUT2D eigenvalue weighted by atomic mass is 9.83. The van der Waals surface area contributed by atoms with Crippen LogP contribution >= 0.6 is 0 Å². The van der Waals surface area contributed by atoms with E-state index in [0.717, 1.165) is 11.1 Å². The van der Waals surface area contributed by atoms with Crippen molar-refractivity contribution in [3.63, 3.8) is 0 Å². The molecule has 2 saturated heterocycles. The lowest BCUT2D eigenvalue weighted by Gasteiger charge is -2.53. The van der Waals surface area contributed by atoms with E-state index in [-0.39, 0.29) is 19.1 Å². The quantitative estimate of drug-likeness (QED) is 0.390. The number of ether oxygens (including phenoxy) is 3. The number of esters is 1. The molecule has 2 aliphatic rings. The summed E-state index contributed by atoms with van der Waals surface area (Å²) >= 11 is 0. The summed E-state index contributed by atoms with van der Waals surface area (Å²) in [5.74, 6) is -0.804. The second kappa shape index (κ2) is 10.9. The van der Waals surface area contributed by atoms with E-state index in [2.05, 4.69) is 0 Å². The second-order valence-corrected chi connectivity index (χ2v) is 10.7. The van der Waals surface area contributed by atoms with Crippen LogP contribution < -0.4 is 0 Å². The van der Waals surface area contributed by atoms with Gasteiger partial charge in [0, 0.05) is 6.54 Å². The zero-order chi connectivity index (χ0) is 26.6. The number of likely N-dealkylation sites (tertiary alicyclic amines) is 2. The lowest BCUT2D eigenvalue weighted by Crippen LogP contribution is -2.76. The smallest absolute Gasteiger partial charge is 0.411 e. The molecule has 0 radical (unpaired) electrons. The van der Waals surface area contributed by atoms with Gasteiger partial charge in [0.2, 0.25) is 0 Å². The molecule has 2 aliphatic heterocycles. The fourth-order valence-electron chi connectivity index (χ4n) is 4.95. The number of benzene rings is 2. The van der Waals surface area contributed by atoms with Crippen molar-refractivity contribution in [2.45, 2.75) is 77.0 Å². The summed E-state index contributed by atoms with van der Waals surface area (Å²) in [6.07, 6.45) is 0.102. The lowest BCUT2D eigenvalue weighted by molar-refractivity contribution is -0.182. The molecule has 0 aromatic heterocycles. The summed E-state index contributed by atoms with van der Waals surface area (Å²) in [6, 6.07) is 18.1. The first-order chi connectivity index (χ1) is 17.6. The molecule has 0 bridgehead atoms. The Kier molecular flexibility index (Phi) is 7.87. The van der Waals surface area contributed by atoms with Crippen LogP contribution in [-0.4, -0.2) is 64.1 Å². The number of β-lactam (4-membered cyclic amide) rings is 1. The van der Waals surface area contributed by atoms with Gasteiger partial charge in [0.15, 0.2) is 6.04 Å². The van der Waals surface area contributed by atoms with Gasteiger partial charge in [-0.1, -0.05) is 60.7 Å². The third-order valence-corrected chi connectivity index (χ3v) is 6.80. The number of hydrogen-bond acceptors (Lipinski definition) is 6. The Morgan fingerprint density at radius 3 is 2.14 bits per heavy atom. The first-order valence-corrected chi connectivity index (χ1v) is 12.8. The van der Waals surface area contributed by atoms with E-state index < -0.39 is 35.3 Å². The minimum absolute atomic E-state index is 0.0960. The van der Waals surface area contributed by atoms with Crippen molar-refractivity contribution >= 4 is 18.0 Å². The highest BCUT2D eigenvalue weighted by Gasteiger charge is 2.63. The predicted octanol–water partition coefficient (Wildman–Crippen LogP) is 4.32. The average molecular weight is 509 g/mol. The normalized spacial score (nSPS) is 20.9. The summed E-state index contributed by atoms with van der Waals surface area (Å²) in [5.41, 5.74) is 0.158. The highest BCUT2D eigenvalue weighted by Crippen LogP contribution is 2.41. The molecule has 2 aromatic rings. The van der Waals surface area contributed by atoms with Gasteiger partial charge >= 0.3 is 12.1 Å². The molecule has 2 amide bonds. The molecular formula is C29H36N2O6. The van der Waals surface area contributed by atoms with Gasteiger partial charge in [-0.2, -0.15) is 0 Å². The fraction of sp³-hybridized carbons (Fsp3) is 0.483. The van der Waals surface area contributed by atoms with E-state index in [1.807, 2.05) is 60.7 Å². The van der Waals surface area contributed by atoms with Crippen LogP contribution in [0.3, 0.4) is 0 Å². The van der Waals surface area contributed by atoms with Gasteiger partial charge in [-0.05, 0) is 51.7 Å². The number of amides is 2. The monoisotopic (exact) mass is 508 g/mol. The first kappa shape index (κ1) is 26.7. The standard InChI is InChI=1S/C29H36N2O6/c1-21(35-18-22-12-7-5-8-13-22)24(25(32)36-19-23-14-9-6-10-15-23)30-20-29(26(30)33)16-11-17-31(29)27(34)37-28(2,3)4/h5-10,12-15,21,24H,11,16-20H2,1-4H3/t21-,24+,29-/m1/s1. The van der Waals surface area contributed by atoms with E-state index in [1.54, 1.807) is 27.7 Å². The van der Waals surface area contributed by atoms with Gasteiger partial charge in [-0.25, -0.2) is 9.59 Å². The Balaban J connectivity index is 1.50. The molecule has 8 heteroatoms. The number of nitrogens with zero attached hydrogens (tertiary/aromatic N) is 2. The highest BCUT2D eigenvalue weighted by molar-refractivity contribution is 5.99. The SMILES string of the molecule is C[C@@H](OCc1ccccc1)[C@@H](C(=O)OCc1ccccc1)N1C[C@]2(CCCN2C(=O)OC(C)(C)C)C1=O. The maximum absolute atomic E-state index is 13.7. The third kappa shape index (κ3) is 5.96. The minimum Gasteiger partial charge on any atom is -0.459 e. The Labute approximate surface area is 218 Å². The Morgan fingerprint density at radius 2 is 1.57 bits per heavy atom. The second-order valence-electron chi connectivity index (χ2n) is 10.7. The maximum Gasteiger partial charge on any atom is 0.411 e. The molecule has 0 saturated carbocycles. The topological polar surface area (TPSA) is 85.4 Å². The molecule has 1 spiro atoms. The number of carbonyl (C=O) groups excluding carboxylic acids is 3. The van der Waals surface area contributed by atoms with Crippen LogP contribution in [0.25, 0.3) is 0 Å². The van der Waals surface area contributed by atoms with E-state index >= 15 is 0 Å². The minimum atomic E-state index is -0.987. The van der Waals surface area contributed by atoms with Crippen molar-refractivity contribution in [2.24, 2.45) is 0 Å². The first-order valence-electron chi connectivity index (χ1n) is 12.8. The predicted molar refractivity (Wildman–Crippen MR) is 137 cm³/mol. The van der Waals surface area contributed by atoms with E-state index in [4.69, 9.17) is 14.2 Å². The van der Waals surface area contributed by atoms with Crippen LogP contribution in [0.2, 0.25) is 0 Å². The van der Waals surface area contributed by atoms with Gasteiger partial charge in [0.25, 0.3) is 5.91 Å². The highest BCUT2D eigenvalue weighted by atomic mass is 16.6. The number of carbonyl (C=O) groups is 3. The molecule has 0 N–H and O–H groups in total. The van der Waals surface area contributed by atoms with Crippen LogP contribution in [0.1, 0.15) is 51.7 Å². The van der Waals surface area contributed by atoms with Crippen LogP contribution in [0.5, 0.6) is 0 Å². The van der Waals surface area contributed by atoms with E-state index in [0.29, 0.717) is 26.0 Å². The van der Waals surface area contributed by atoms with Crippen molar-refractivity contribution in [3.05, 3.63) is 71.8 Å². The molecule has 37 heavy (non-hydrogen) atoms. The summed E-state index contributed by atoms with van der Waals surface area (Å²) < 4.78 is 17.3. The van der Waals surface area contributed by atoms with Gasteiger partial charge < -0.3 is 19.1 Å². The van der Waals surface area contributed by atoms with Crippen LogP contribution in [-0.2, 0) is 37.0 Å². The molecule has 0 unspecified atom stereocenters. The Morgan fingerprint density at radius 1 is 0.973 bits per heavy atom. The van der Waals surface area contributed by atoms with Crippen molar-refractivity contribution in [1.82, 2.24) is 9.80 Å². The Bertz CT molecular complexity index is 1100. The molecule has 2 aromatic carbocycles. The van der Waals surface area contributed by atoms with Crippen molar-refractivity contribution in [3.8, 4) is 0 Å². The molecule has 0 aliphatic carbocycles. The molecule has 2 fully saturated rings. The number of hydrogen-bond donors (Lipinski definition) is 0. The zero-order valence-electron chi connectivity index (χ0n) is 22.0. The van der Waals surface area contributed by atoms with E-state index in [9.17, 15) is 14.4 Å². The molecule has 2 heterocycles. The molecule has 4 rings (SSSR count). The molecule has 198 valence electrons. The fourth-order valence-corrected chi connectivity index (χ4v) is 4.95. The summed E-state index contributed by atoms with van der Waals surface area (Å²) in [5, 5.41) is 0. The van der Waals surface area contributed by atoms with Crippen LogP contribution in [0, 0.1) is 0 Å². The molecule has 3 atom stereocenters. The Hall–Kier alpha value is -3.39.